The molecule has 0 saturated heterocycles. The average Bonchev–Trinajstić information content (AvgIpc) is 2.38. The molecule has 2 unspecified atom stereocenters. The molecule has 1 saturated carbocycles. The highest BCUT2D eigenvalue weighted by atomic mass is 16.5. The van der Waals surface area contributed by atoms with E-state index in [9.17, 15) is 0 Å². The Bertz CT molecular complexity index is 236. The van der Waals surface area contributed by atoms with Crippen molar-refractivity contribution in [3.63, 3.8) is 0 Å². The number of methoxy groups -OCH3 is 1. The van der Waals surface area contributed by atoms with Crippen LogP contribution in [0.25, 0.3) is 0 Å². The van der Waals surface area contributed by atoms with Gasteiger partial charge in [-0.3, -0.25) is 4.90 Å². The summed E-state index contributed by atoms with van der Waals surface area (Å²) in [5.41, 5.74) is 6.15. The Hall–Kier alpha value is -0.160. The van der Waals surface area contributed by atoms with E-state index in [4.69, 9.17) is 15.2 Å². The van der Waals surface area contributed by atoms with Crippen molar-refractivity contribution in [1.29, 1.82) is 0 Å². The molecule has 1 aliphatic carbocycles. The third-order valence-electron chi connectivity index (χ3n) is 4.18. The summed E-state index contributed by atoms with van der Waals surface area (Å²) in [6.45, 7) is 6.55. The third kappa shape index (κ3) is 4.19. The maximum atomic E-state index is 6.05. The van der Waals surface area contributed by atoms with Gasteiger partial charge in [0, 0.05) is 25.7 Å². The first-order valence-corrected chi connectivity index (χ1v) is 7.10. The van der Waals surface area contributed by atoms with Crippen molar-refractivity contribution in [2.45, 2.75) is 57.3 Å². The predicted molar refractivity (Wildman–Crippen MR) is 74.8 cm³/mol. The van der Waals surface area contributed by atoms with Crippen LogP contribution in [0.1, 0.15) is 39.5 Å². The minimum absolute atomic E-state index is 0.0965. The van der Waals surface area contributed by atoms with Crippen molar-refractivity contribution in [1.82, 2.24) is 4.90 Å². The second-order valence-electron chi connectivity index (χ2n) is 5.72. The molecule has 0 aromatic rings. The Morgan fingerprint density at radius 3 is 2.72 bits per heavy atom. The summed E-state index contributed by atoms with van der Waals surface area (Å²) in [5.74, 6) is 0. The molecule has 0 radical (unpaired) electrons. The molecule has 0 aromatic carbocycles. The lowest BCUT2D eigenvalue weighted by Gasteiger charge is -2.46. The minimum Gasteiger partial charge on any atom is -0.381 e. The molecule has 0 heterocycles. The van der Waals surface area contributed by atoms with Crippen molar-refractivity contribution < 1.29 is 9.47 Å². The Balaban J connectivity index is 2.51. The highest BCUT2D eigenvalue weighted by Crippen LogP contribution is 2.33. The first kappa shape index (κ1) is 15.9. The molecule has 1 fully saturated rings. The Morgan fingerprint density at radius 1 is 1.44 bits per heavy atom. The van der Waals surface area contributed by atoms with E-state index in [-0.39, 0.29) is 5.54 Å². The number of hydrogen-bond acceptors (Lipinski definition) is 4. The fourth-order valence-corrected chi connectivity index (χ4v) is 2.84. The maximum Gasteiger partial charge on any atom is 0.0597 e. The highest BCUT2D eigenvalue weighted by molar-refractivity contribution is 4.96. The summed E-state index contributed by atoms with van der Waals surface area (Å²) in [4.78, 5) is 2.38. The van der Waals surface area contributed by atoms with Crippen molar-refractivity contribution >= 4 is 0 Å². The van der Waals surface area contributed by atoms with E-state index in [1.807, 2.05) is 0 Å². The number of nitrogens with zero attached hydrogens (tertiary/aromatic N) is 1. The van der Waals surface area contributed by atoms with E-state index >= 15 is 0 Å². The number of likely N-dealkylation sites (N-methyl/N-ethyl adjacent to an activating group) is 1. The summed E-state index contributed by atoms with van der Waals surface area (Å²) in [5, 5.41) is 0. The molecular weight excluding hydrogens is 228 g/mol. The monoisotopic (exact) mass is 258 g/mol. The molecule has 0 amide bonds. The van der Waals surface area contributed by atoms with Gasteiger partial charge in [0.25, 0.3) is 0 Å². The normalized spacial score (nSPS) is 29.2. The van der Waals surface area contributed by atoms with Crippen LogP contribution >= 0.6 is 0 Å². The van der Waals surface area contributed by atoms with Gasteiger partial charge in [-0.1, -0.05) is 0 Å². The average molecular weight is 258 g/mol. The summed E-state index contributed by atoms with van der Waals surface area (Å²) < 4.78 is 11.2. The van der Waals surface area contributed by atoms with E-state index in [0.717, 1.165) is 26.0 Å². The lowest BCUT2D eigenvalue weighted by Crippen LogP contribution is -2.56. The van der Waals surface area contributed by atoms with Crippen LogP contribution in [0.5, 0.6) is 0 Å². The van der Waals surface area contributed by atoms with Gasteiger partial charge in [-0.05, 0) is 46.6 Å². The lowest BCUT2D eigenvalue weighted by atomic mass is 9.79. The van der Waals surface area contributed by atoms with Gasteiger partial charge >= 0.3 is 0 Å². The second kappa shape index (κ2) is 7.43. The molecule has 18 heavy (non-hydrogen) atoms. The zero-order valence-electron chi connectivity index (χ0n) is 12.4. The van der Waals surface area contributed by atoms with Gasteiger partial charge in [0.2, 0.25) is 0 Å². The van der Waals surface area contributed by atoms with Crippen LogP contribution in [0.3, 0.4) is 0 Å². The van der Waals surface area contributed by atoms with Gasteiger partial charge < -0.3 is 15.2 Å². The molecule has 0 bridgehead atoms. The molecule has 2 N–H and O–H groups in total. The SMILES string of the molecule is COC1CCCC(CN)(N(C)CCOC(C)C)C1. The number of ether oxygens (including phenoxy) is 2. The summed E-state index contributed by atoms with van der Waals surface area (Å²) in [6.07, 6.45) is 5.22. The van der Waals surface area contributed by atoms with E-state index in [2.05, 4.69) is 25.8 Å². The Morgan fingerprint density at radius 2 is 2.17 bits per heavy atom. The van der Waals surface area contributed by atoms with E-state index < -0.39 is 0 Å². The molecule has 1 aliphatic rings. The van der Waals surface area contributed by atoms with Gasteiger partial charge in [-0.25, -0.2) is 0 Å². The molecule has 0 aliphatic heterocycles. The molecule has 1 rings (SSSR count). The quantitative estimate of drug-likeness (QED) is 0.754. The summed E-state index contributed by atoms with van der Waals surface area (Å²) in [7, 11) is 3.97. The van der Waals surface area contributed by atoms with Crippen LogP contribution in [0.2, 0.25) is 0 Å². The van der Waals surface area contributed by atoms with E-state index in [1.54, 1.807) is 7.11 Å². The fourth-order valence-electron chi connectivity index (χ4n) is 2.84. The van der Waals surface area contributed by atoms with E-state index in [0.29, 0.717) is 18.8 Å². The number of nitrogens with two attached hydrogens (primary N) is 1. The second-order valence-corrected chi connectivity index (χ2v) is 5.72. The zero-order chi connectivity index (χ0) is 13.6. The lowest BCUT2D eigenvalue weighted by molar-refractivity contribution is -0.0260. The van der Waals surface area contributed by atoms with E-state index in [1.165, 1.54) is 12.8 Å². The van der Waals surface area contributed by atoms with Crippen LogP contribution in [-0.4, -0.2) is 56.5 Å². The van der Waals surface area contributed by atoms with Gasteiger partial charge in [0.15, 0.2) is 0 Å². The largest absolute Gasteiger partial charge is 0.381 e. The van der Waals surface area contributed by atoms with Crippen LogP contribution < -0.4 is 5.73 Å². The van der Waals surface area contributed by atoms with Crippen molar-refractivity contribution in [3.8, 4) is 0 Å². The molecule has 108 valence electrons. The molecule has 2 atom stereocenters. The molecule has 4 heteroatoms. The smallest absolute Gasteiger partial charge is 0.0597 e. The fraction of sp³-hybridized carbons (Fsp3) is 1.00. The zero-order valence-corrected chi connectivity index (χ0v) is 12.4. The molecule has 4 nitrogen and oxygen atoms in total. The van der Waals surface area contributed by atoms with Crippen LogP contribution in [0, 0.1) is 0 Å². The van der Waals surface area contributed by atoms with Crippen molar-refractivity contribution in [2.24, 2.45) is 5.73 Å². The summed E-state index contributed by atoms with van der Waals surface area (Å²) >= 11 is 0. The van der Waals surface area contributed by atoms with Crippen molar-refractivity contribution in [2.75, 3.05) is 33.9 Å². The topological polar surface area (TPSA) is 47.7 Å². The van der Waals surface area contributed by atoms with Crippen LogP contribution in [-0.2, 0) is 9.47 Å². The summed E-state index contributed by atoms with van der Waals surface area (Å²) in [6, 6.07) is 0. The van der Waals surface area contributed by atoms with Crippen molar-refractivity contribution in [3.05, 3.63) is 0 Å². The van der Waals surface area contributed by atoms with Gasteiger partial charge in [-0.15, -0.1) is 0 Å². The van der Waals surface area contributed by atoms with Gasteiger partial charge in [0.05, 0.1) is 18.8 Å². The van der Waals surface area contributed by atoms with Gasteiger partial charge in [0.1, 0.15) is 0 Å². The predicted octanol–water partition coefficient (Wildman–Crippen LogP) is 1.63. The number of hydrogen-bond donors (Lipinski definition) is 1. The number of rotatable bonds is 7. The Kier molecular flexibility index (Phi) is 6.57. The van der Waals surface area contributed by atoms with Crippen LogP contribution in [0.4, 0.5) is 0 Å². The minimum atomic E-state index is 0.0965. The first-order chi connectivity index (χ1) is 8.54. The Labute approximate surface area is 112 Å². The van der Waals surface area contributed by atoms with Gasteiger partial charge in [-0.2, -0.15) is 0 Å². The first-order valence-electron chi connectivity index (χ1n) is 7.10. The standard InChI is InChI=1S/C14H30N2O2/c1-12(2)18-9-8-16(3)14(11-15)7-5-6-13(10-14)17-4/h12-13H,5-11,15H2,1-4H3. The molecule has 0 spiro atoms. The third-order valence-corrected chi connectivity index (χ3v) is 4.18. The van der Waals surface area contributed by atoms with Crippen LogP contribution in [0.15, 0.2) is 0 Å². The molecular formula is C14H30N2O2. The highest BCUT2D eigenvalue weighted by Gasteiger charge is 2.38. The molecule has 0 aromatic heterocycles. The maximum absolute atomic E-state index is 6.05.